The SMILES string of the molecule is NCCc1nnc(-c2c(F)ccc([N+](=O)[O-])c2F)s1. The Kier molecular flexibility index (Phi) is 3.76. The second-order valence-corrected chi connectivity index (χ2v) is 4.61. The number of nitrogens with two attached hydrogens (primary N) is 1. The summed E-state index contributed by atoms with van der Waals surface area (Å²) >= 11 is 0.954. The van der Waals surface area contributed by atoms with E-state index in [4.69, 9.17) is 5.73 Å². The highest BCUT2D eigenvalue weighted by Crippen LogP contribution is 2.33. The van der Waals surface area contributed by atoms with Crippen molar-refractivity contribution in [3.05, 3.63) is 38.9 Å². The summed E-state index contributed by atoms with van der Waals surface area (Å²) in [6.07, 6.45) is 0.426. The van der Waals surface area contributed by atoms with Gasteiger partial charge in [-0.15, -0.1) is 10.2 Å². The minimum absolute atomic E-state index is 0.0397. The summed E-state index contributed by atoms with van der Waals surface area (Å²) in [5, 5.41) is 18.5. The molecular formula is C10H8F2N4O2S. The summed E-state index contributed by atoms with van der Waals surface area (Å²) in [7, 11) is 0. The molecule has 0 aliphatic carbocycles. The molecule has 1 aromatic heterocycles. The van der Waals surface area contributed by atoms with Crippen LogP contribution in [0.15, 0.2) is 12.1 Å². The van der Waals surface area contributed by atoms with Crippen LogP contribution in [-0.4, -0.2) is 21.7 Å². The van der Waals surface area contributed by atoms with Crippen molar-refractivity contribution in [3.63, 3.8) is 0 Å². The third kappa shape index (κ3) is 2.56. The molecule has 0 bridgehead atoms. The molecule has 1 aromatic carbocycles. The highest BCUT2D eigenvalue weighted by Gasteiger charge is 2.24. The van der Waals surface area contributed by atoms with Crippen molar-refractivity contribution < 1.29 is 13.7 Å². The van der Waals surface area contributed by atoms with E-state index in [2.05, 4.69) is 10.2 Å². The molecule has 0 spiro atoms. The molecule has 0 fully saturated rings. The van der Waals surface area contributed by atoms with Crippen molar-refractivity contribution in [2.75, 3.05) is 6.54 Å². The maximum atomic E-state index is 13.9. The fourth-order valence-electron chi connectivity index (χ4n) is 1.46. The summed E-state index contributed by atoms with van der Waals surface area (Å²) < 4.78 is 27.5. The molecule has 2 rings (SSSR count). The van der Waals surface area contributed by atoms with E-state index >= 15 is 0 Å². The van der Waals surface area contributed by atoms with E-state index < -0.39 is 27.8 Å². The molecule has 2 aromatic rings. The number of rotatable bonds is 4. The number of halogens is 2. The van der Waals surface area contributed by atoms with Gasteiger partial charge in [0, 0.05) is 12.5 Å². The molecule has 0 unspecified atom stereocenters. The van der Waals surface area contributed by atoms with Gasteiger partial charge in [0.25, 0.3) is 0 Å². The Bertz CT molecular complexity index is 632. The number of hydrogen-bond donors (Lipinski definition) is 1. The lowest BCUT2D eigenvalue weighted by Crippen LogP contribution is -2.01. The third-order valence-corrected chi connectivity index (χ3v) is 3.31. The van der Waals surface area contributed by atoms with Gasteiger partial charge in [0.15, 0.2) is 5.01 Å². The van der Waals surface area contributed by atoms with Gasteiger partial charge in [-0.3, -0.25) is 10.1 Å². The number of benzene rings is 1. The summed E-state index contributed by atoms with van der Waals surface area (Å²) in [5.41, 5.74) is 4.00. The summed E-state index contributed by atoms with van der Waals surface area (Å²) in [6.45, 7) is 0.328. The zero-order chi connectivity index (χ0) is 14.0. The van der Waals surface area contributed by atoms with Gasteiger partial charge in [-0.25, -0.2) is 4.39 Å². The van der Waals surface area contributed by atoms with Crippen molar-refractivity contribution in [2.24, 2.45) is 5.73 Å². The lowest BCUT2D eigenvalue weighted by atomic mass is 10.2. The number of aromatic nitrogens is 2. The standard InChI is InChI=1S/C10H8F2N4O2S/c11-5-1-2-6(16(17)18)9(12)8(5)10-15-14-7(19-10)3-4-13/h1-2H,3-4,13H2. The van der Waals surface area contributed by atoms with Gasteiger partial charge in [0.2, 0.25) is 5.82 Å². The van der Waals surface area contributed by atoms with Gasteiger partial charge in [-0.2, -0.15) is 4.39 Å². The predicted octanol–water partition coefficient (Wildman–Crippen LogP) is 1.89. The first-order valence-electron chi connectivity index (χ1n) is 5.19. The lowest BCUT2D eigenvalue weighted by molar-refractivity contribution is -0.387. The Morgan fingerprint density at radius 1 is 1.37 bits per heavy atom. The zero-order valence-corrected chi connectivity index (χ0v) is 10.3. The van der Waals surface area contributed by atoms with Crippen LogP contribution in [0.2, 0.25) is 0 Å². The summed E-state index contributed by atoms with van der Waals surface area (Å²) in [6, 6.07) is 1.61. The van der Waals surface area contributed by atoms with Crippen LogP contribution in [0.1, 0.15) is 5.01 Å². The molecule has 0 aliphatic rings. The molecule has 0 radical (unpaired) electrons. The maximum absolute atomic E-state index is 13.9. The molecule has 100 valence electrons. The molecule has 0 amide bonds. The second-order valence-electron chi connectivity index (χ2n) is 3.55. The Hall–Kier alpha value is -2.00. The van der Waals surface area contributed by atoms with E-state index in [1.165, 1.54) is 0 Å². The Morgan fingerprint density at radius 2 is 2.11 bits per heavy atom. The minimum atomic E-state index is -1.25. The smallest absolute Gasteiger partial charge is 0.305 e. The molecule has 0 atom stereocenters. The number of nitro groups is 1. The van der Waals surface area contributed by atoms with E-state index in [1.807, 2.05) is 0 Å². The lowest BCUT2D eigenvalue weighted by Gasteiger charge is -2.01. The highest BCUT2D eigenvalue weighted by atomic mass is 32.1. The van der Waals surface area contributed by atoms with Crippen LogP contribution < -0.4 is 5.73 Å². The zero-order valence-electron chi connectivity index (χ0n) is 9.47. The van der Waals surface area contributed by atoms with Gasteiger partial charge in [0.05, 0.1) is 10.5 Å². The minimum Gasteiger partial charge on any atom is -0.330 e. The van der Waals surface area contributed by atoms with Crippen LogP contribution in [0.4, 0.5) is 14.5 Å². The maximum Gasteiger partial charge on any atom is 0.305 e. The van der Waals surface area contributed by atoms with Crippen LogP contribution in [0, 0.1) is 21.7 Å². The summed E-state index contributed by atoms with van der Waals surface area (Å²) in [4.78, 5) is 9.70. The van der Waals surface area contributed by atoms with Crippen LogP contribution in [-0.2, 0) is 6.42 Å². The first kappa shape index (κ1) is 13.4. The van der Waals surface area contributed by atoms with E-state index in [1.54, 1.807) is 0 Å². The molecule has 19 heavy (non-hydrogen) atoms. The molecule has 9 heteroatoms. The number of hydrogen-bond acceptors (Lipinski definition) is 6. The van der Waals surface area contributed by atoms with Gasteiger partial charge in [0.1, 0.15) is 10.8 Å². The van der Waals surface area contributed by atoms with Crippen molar-refractivity contribution in [1.29, 1.82) is 0 Å². The quantitative estimate of drug-likeness (QED) is 0.684. The average molecular weight is 286 g/mol. The molecule has 0 saturated heterocycles. The van der Waals surface area contributed by atoms with E-state index in [9.17, 15) is 18.9 Å². The van der Waals surface area contributed by atoms with E-state index in [-0.39, 0.29) is 5.01 Å². The van der Waals surface area contributed by atoms with E-state index in [0.717, 1.165) is 23.5 Å². The van der Waals surface area contributed by atoms with Gasteiger partial charge in [-0.05, 0) is 12.6 Å². The van der Waals surface area contributed by atoms with Crippen LogP contribution in [0.5, 0.6) is 0 Å². The summed E-state index contributed by atoms with van der Waals surface area (Å²) in [5.74, 6) is -2.17. The molecule has 1 heterocycles. The number of nitro benzene ring substituents is 1. The van der Waals surface area contributed by atoms with Crippen LogP contribution in [0.25, 0.3) is 10.6 Å². The topological polar surface area (TPSA) is 94.9 Å². The second kappa shape index (κ2) is 5.33. The van der Waals surface area contributed by atoms with Crippen molar-refractivity contribution >= 4 is 17.0 Å². The van der Waals surface area contributed by atoms with Gasteiger partial charge >= 0.3 is 5.69 Å². The molecular weight excluding hydrogens is 278 g/mol. The molecule has 0 aliphatic heterocycles. The first-order valence-corrected chi connectivity index (χ1v) is 6.01. The monoisotopic (exact) mass is 286 g/mol. The van der Waals surface area contributed by atoms with Crippen LogP contribution >= 0.6 is 11.3 Å². The fourth-order valence-corrected chi connectivity index (χ4v) is 2.35. The van der Waals surface area contributed by atoms with Crippen molar-refractivity contribution in [1.82, 2.24) is 10.2 Å². The van der Waals surface area contributed by atoms with Gasteiger partial charge < -0.3 is 5.73 Å². The van der Waals surface area contributed by atoms with Crippen molar-refractivity contribution in [3.8, 4) is 10.6 Å². The van der Waals surface area contributed by atoms with Crippen LogP contribution in [0.3, 0.4) is 0 Å². The third-order valence-electron chi connectivity index (χ3n) is 2.31. The van der Waals surface area contributed by atoms with E-state index in [0.29, 0.717) is 18.0 Å². The molecule has 2 N–H and O–H groups in total. The Labute approximate surface area is 110 Å². The normalized spacial score (nSPS) is 10.7. The average Bonchev–Trinajstić information content (AvgIpc) is 2.77. The fraction of sp³-hybridized carbons (Fsp3) is 0.200. The highest BCUT2D eigenvalue weighted by molar-refractivity contribution is 7.14. The predicted molar refractivity (Wildman–Crippen MR) is 64.7 cm³/mol. The molecule has 6 nitrogen and oxygen atoms in total. The van der Waals surface area contributed by atoms with Gasteiger partial charge in [-0.1, -0.05) is 11.3 Å². The number of nitrogens with zero attached hydrogens (tertiary/aromatic N) is 3. The Morgan fingerprint density at radius 3 is 2.74 bits per heavy atom. The Balaban J connectivity index is 2.53. The molecule has 0 saturated carbocycles. The largest absolute Gasteiger partial charge is 0.330 e. The van der Waals surface area contributed by atoms with Crippen molar-refractivity contribution in [2.45, 2.75) is 6.42 Å². The first-order chi connectivity index (χ1) is 9.04.